The zero-order valence-corrected chi connectivity index (χ0v) is 15.7. The average molecular weight is 372 g/mol. The Balaban J connectivity index is 1.81. The molecule has 2 aromatic carbocycles. The fourth-order valence-electron chi connectivity index (χ4n) is 2.73. The summed E-state index contributed by atoms with van der Waals surface area (Å²) in [5, 5.41) is 2.02. The van der Waals surface area contributed by atoms with Crippen LogP contribution in [0.4, 0.5) is 0 Å². The van der Waals surface area contributed by atoms with Gasteiger partial charge in [0.15, 0.2) is 0 Å². The summed E-state index contributed by atoms with van der Waals surface area (Å²) in [4.78, 5) is 1.48. The van der Waals surface area contributed by atoms with Crippen molar-refractivity contribution < 1.29 is 8.42 Å². The van der Waals surface area contributed by atoms with E-state index < -0.39 is 10.0 Å². The molecule has 130 valence electrons. The number of hydrogen-bond acceptors (Lipinski definition) is 3. The van der Waals surface area contributed by atoms with Gasteiger partial charge in [-0.2, -0.15) is 0 Å². The molecule has 0 amide bonds. The minimum atomic E-state index is -3.54. The molecule has 0 fully saturated rings. The lowest BCUT2D eigenvalue weighted by atomic mass is 10.0. The fraction of sp³-hybridized carbons (Fsp3) is 0.200. The lowest BCUT2D eigenvalue weighted by molar-refractivity contribution is 0.544. The van der Waals surface area contributed by atoms with E-state index in [9.17, 15) is 8.42 Å². The van der Waals surface area contributed by atoms with E-state index in [2.05, 4.69) is 4.72 Å². The quantitative estimate of drug-likeness (QED) is 0.677. The van der Waals surface area contributed by atoms with Crippen LogP contribution in [0.25, 0.3) is 0 Å². The van der Waals surface area contributed by atoms with Gasteiger partial charge in [-0.05, 0) is 48.9 Å². The predicted molar refractivity (Wildman–Crippen MR) is 103 cm³/mol. The second-order valence-electron chi connectivity index (χ2n) is 6.10. The van der Waals surface area contributed by atoms with Gasteiger partial charge in [0.25, 0.3) is 0 Å². The molecule has 0 aliphatic carbocycles. The molecule has 0 unspecified atom stereocenters. The number of thiophene rings is 1. The lowest BCUT2D eigenvalue weighted by Gasteiger charge is -2.18. The molecule has 25 heavy (non-hydrogen) atoms. The molecule has 3 aromatic rings. The van der Waals surface area contributed by atoms with Crippen LogP contribution in [0.3, 0.4) is 0 Å². The molecular formula is C20H21NO2S2. The van der Waals surface area contributed by atoms with Crippen molar-refractivity contribution in [2.45, 2.75) is 30.7 Å². The number of nitrogens with one attached hydrogen (secondary N) is 1. The van der Waals surface area contributed by atoms with E-state index in [1.54, 1.807) is 23.5 Å². The van der Waals surface area contributed by atoms with Crippen molar-refractivity contribution in [3.05, 3.63) is 88.1 Å². The van der Waals surface area contributed by atoms with Crippen LogP contribution >= 0.6 is 11.3 Å². The summed E-state index contributed by atoms with van der Waals surface area (Å²) in [6, 6.07) is 20.8. The Kier molecular flexibility index (Phi) is 5.68. The molecule has 0 spiro atoms. The molecule has 0 saturated carbocycles. The maximum atomic E-state index is 12.8. The van der Waals surface area contributed by atoms with Crippen molar-refractivity contribution in [2.24, 2.45) is 0 Å². The number of sulfonamides is 1. The highest BCUT2D eigenvalue weighted by Crippen LogP contribution is 2.17. The first-order chi connectivity index (χ1) is 12.0. The summed E-state index contributed by atoms with van der Waals surface area (Å²) >= 11 is 1.65. The van der Waals surface area contributed by atoms with Crippen molar-refractivity contribution in [2.75, 3.05) is 0 Å². The smallest absolute Gasteiger partial charge is 0.207 e. The Bertz CT molecular complexity index is 887. The third-order valence-electron chi connectivity index (χ3n) is 4.01. The molecule has 1 aromatic heterocycles. The van der Waals surface area contributed by atoms with Crippen molar-refractivity contribution >= 4 is 21.4 Å². The monoisotopic (exact) mass is 371 g/mol. The van der Waals surface area contributed by atoms with E-state index >= 15 is 0 Å². The molecule has 0 bridgehead atoms. The summed E-state index contributed by atoms with van der Waals surface area (Å²) in [5.74, 6) is 0. The van der Waals surface area contributed by atoms with Crippen LogP contribution < -0.4 is 4.72 Å². The minimum Gasteiger partial charge on any atom is -0.207 e. The van der Waals surface area contributed by atoms with Crippen LogP contribution in [0.1, 0.15) is 16.0 Å². The Hall–Kier alpha value is -1.95. The van der Waals surface area contributed by atoms with Crippen molar-refractivity contribution in [1.82, 2.24) is 4.72 Å². The number of rotatable bonds is 7. The normalized spacial score (nSPS) is 12.8. The maximum Gasteiger partial charge on any atom is 0.240 e. The minimum absolute atomic E-state index is 0.188. The van der Waals surface area contributed by atoms with Crippen molar-refractivity contribution in [3.8, 4) is 0 Å². The molecule has 3 rings (SSSR count). The Morgan fingerprint density at radius 3 is 2.28 bits per heavy atom. The second-order valence-corrected chi connectivity index (χ2v) is 8.85. The highest BCUT2D eigenvalue weighted by atomic mass is 32.2. The Morgan fingerprint density at radius 1 is 0.920 bits per heavy atom. The fourth-order valence-corrected chi connectivity index (χ4v) is 4.75. The van der Waals surface area contributed by atoms with Crippen LogP contribution in [0, 0.1) is 6.92 Å². The van der Waals surface area contributed by atoms with Crippen LogP contribution in [-0.4, -0.2) is 14.5 Å². The molecule has 1 N–H and O–H groups in total. The predicted octanol–water partition coefficient (Wildman–Crippen LogP) is 4.19. The molecule has 0 aliphatic rings. The van der Waals surface area contributed by atoms with Gasteiger partial charge in [-0.25, -0.2) is 13.1 Å². The van der Waals surface area contributed by atoms with Crippen molar-refractivity contribution in [3.63, 3.8) is 0 Å². The van der Waals surface area contributed by atoms with Gasteiger partial charge in [-0.15, -0.1) is 11.3 Å². The van der Waals surface area contributed by atoms with Crippen molar-refractivity contribution in [1.29, 1.82) is 0 Å². The zero-order chi connectivity index (χ0) is 17.7. The second kappa shape index (κ2) is 7.95. The highest BCUT2D eigenvalue weighted by Gasteiger charge is 2.21. The van der Waals surface area contributed by atoms with E-state index in [-0.39, 0.29) is 6.04 Å². The molecular weight excluding hydrogens is 350 g/mol. The SMILES string of the molecule is Cc1ccc(S(=O)(=O)N[C@@H](Cc2ccccc2)Cc2cccs2)cc1. The van der Waals surface area contributed by atoms with Crippen LogP contribution in [0.2, 0.25) is 0 Å². The molecule has 0 aliphatic heterocycles. The van der Waals surface area contributed by atoms with Crippen LogP contribution in [0.5, 0.6) is 0 Å². The van der Waals surface area contributed by atoms with E-state index in [0.29, 0.717) is 17.7 Å². The van der Waals surface area contributed by atoms with E-state index in [4.69, 9.17) is 0 Å². The summed E-state index contributed by atoms with van der Waals surface area (Å²) in [7, 11) is -3.54. The molecule has 1 heterocycles. The van der Waals surface area contributed by atoms with Gasteiger partial charge in [0, 0.05) is 10.9 Å². The number of hydrogen-bond donors (Lipinski definition) is 1. The largest absolute Gasteiger partial charge is 0.240 e. The maximum absolute atomic E-state index is 12.8. The molecule has 3 nitrogen and oxygen atoms in total. The van der Waals surface area contributed by atoms with E-state index in [1.807, 2.05) is 66.9 Å². The summed E-state index contributed by atoms with van der Waals surface area (Å²) < 4.78 is 28.4. The first kappa shape index (κ1) is 17.9. The summed E-state index contributed by atoms with van der Waals surface area (Å²) in [5.41, 5.74) is 2.16. The Labute approximate surface area is 153 Å². The molecule has 1 atom stereocenters. The average Bonchev–Trinajstić information content (AvgIpc) is 3.09. The van der Waals surface area contributed by atoms with Gasteiger partial charge in [-0.1, -0.05) is 54.1 Å². The lowest BCUT2D eigenvalue weighted by Crippen LogP contribution is -2.37. The standard InChI is InChI=1S/C20H21NO2S2/c1-16-9-11-20(12-10-16)25(22,23)21-18(15-19-8-5-13-24-19)14-17-6-3-2-4-7-17/h2-13,18,21H,14-15H2,1H3/t18-/m0/s1. The van der Waals surface area contributed by atoms with Gasteiger partial charge in [0.2, 0.25) is 10.0 Å². The van der Waals surface area contributed by atoms with Crippen LogP contribution in [-0.2, 0) is 22.9 Å². The van der Waals surface area contributed by atoms with Gasteiger partial charge in [0.05, 0.1) is 4.90 Å². The molecule has 0 saturated heterocycles. The van der Waals surface area contributed by atoms with Crippen LogP contribution in [0.15, 0.2) is 77.0 Å². The van der Waals surface area contributed by atoms with E-state index in [1.165, 1.54) is 4.88 Å². The summed E-state index contributed by atoms with van der Waals surface area (Å²) in [6.45, 7) is 1.94. The van der Waals surface area contributed by atoms with Gasteiger partial charge >= 0.3 is 0 Å². The van der Waals surface area contributed by atoms with E-state index in [0.717, 1.165) is 11.1 Å². The Morgan fingerprint density at radius 2 is 1.64 bits per heavy atom. The molecule has 5 heteroatoms. The van der Waals surface area contributed by atoms with Gasteiger partial charge < -0.3 is 0 Å². The number of benzene rings is 2. The first-order valence-electron chi connectivity index (χ1n) is 8.18. The topological polar surface area (TPSA) is 46.2 Å². The molecule has 0 radical (unpaired) electrons. The first-order valence-corrected chi connectivity index (χ1v) is 10.5. The van der Waals surface area contributed by atoms with Gasteiger partial charge in [0.1, 0.15) is 0 Å². The van der Waals surface area contributed by atoms with Gasteiger partial charge in [-0.3, -0.25) is 0 Å². The third kappa shape index (κ3) is 5.01. The third-order valence-corrected chi connectivity index (χ3v) is 6.44. The summed E-state index contributed by atoms with van der Waals surface area (Å²) in [6.07, 6.45) is 1.33. The highest BCUT2D eigenvalue weighted by molar-refractivity contribution is 7.89. The zero-order valence-electron chi connectivity index (χ0n) is 14.1. The number of aryl methyl sites for hydroxylation is 1.